The van der Waals surface area contributed by atoms with Crippen LogP contribution in [0.3, 0.4) is 0 Å². The zero-order valence-electron chi connectivity index (χ0n) is 13.5. The Kier molecular flexibility index (Phi) is 5.78. The molecule has 0 aliphatic carbocycles. The minimum absolute atomic E-state index is 0.264. The molecule has 1 aromatic heterocycles. The quantitative estimate of drug-likeness (QED) is 0.505. The first-order valence-electron chi connectivity index (χ1n) is 7.67. The van der Waals surface area contributed by atoms with Gasteiger partial charge in [0.15, 0.2) is 0 Å². The van der Waals surface area contributed by atoms with Crippen molar-refractivity contribution in [3.63, 3.8) is 0 Å². The average Bonchev–Trinajstić information content (AvgIpc) is 3.18. The van der Waals surface area contributed by atoms with Gasteiger partial charge in [0, 0.05) is 10.6 Å². The van der Waals surface area contributed by atoms with Crippen LogP contribution in [-0.2, 0) is 0 Å². The molecule has 7 heteroatoms. The van der Waals surface area contributed by atoms with Crippen molar-refractivity contribution < 1.29 is 9.59 Å². The first-order chi connectivity index (χ1) is 12.6. The van der Waals surface area contributed by atoms with Gasteiger partial charge in [0.2, 0.25) is 0 Å². The Hall–Kier alpha value is -2.96. The number of nitrogens with zero attached hydrogens (tertiary/aromatic N) is 1. The van der Waals surface area contributed by atoms with Crippen LogP contribution < -0.4 is 10.7 Å². The molecule has 26 heavy (non-hydrogen) atoms. The molecule has 130 valence electrons. The van der Waals surface area contributed by atoms with Crippen molar-refractivity contribution in [2.75, 3.05) is 5.32 Å². The summed E-state index contributed by atoms with van der Waals surface area (Å²) < 4.78 is 0. The van der Waals surface area contributed by atoms with Gasteiger partial charge < -0.3 is 5.32 Å². The number of thiophene rings is 1. The van der Waals surface area contributed by atoms with Gasteiger partial charge in [-0.15, -0.1) is 11.3 Å². The first-order valence-corrected chi connectivity index (χ1v) is 8.93. The van der Waals surface area contributed by atoms with Crippen LogP contribution >= 0.6 is 22.9 Å². The molecule has 0 saturated carbocycles. The van der Waals surface area contributed by atoms with Crippen LogP contribution in [0.2, 0.25) is 5.02 Å². The van der Waals surface area contributed by atoms with Crippen LogP contribution in [-0.4, -0.2) is 18.0 Å². The maximum Gasteiger partial charge on any atom is 0.273 e. The Morgan fingerprint density at radius 2 is 1.73 bits per heavy atom. The van der Waals surface area contributed by atoms with Crippen LogP contribution in [0.4, 0.5) is 5.69 Å². The number of carbonyl (C=O) groups is 2. The number of amides is 2. The third kappa shape index (κ3) is 4.36. The average molecular weight is 384 g/mol. The van der Waals surface area contributed by atoms with Gasteiger partial charge in [-0.2, -0.15) is 5.10 Å². The van der Waals surface area contributed by atoms with E-state index >= 15 is 0 Å². The zero-order chi connectivity index (χ0) is 18.4. The molecule has 3 aromatic rings. The third-order valence-electron chi connectivity index (χ3n) is 3.44. The van der Waals surface area contributed by atoms with Crippen LogP contribution in [0.25, 0.3) is 0 Å². The Morgan fingerprint density at radius 1 is 0.962 bits per heavy atom. The number of para-hydroxylation sites is 1. The second-order valence-corrected chi connectivity index (χ2v) is 6.55. The SMILES string of the molecule is O=C(Nc1ccccc1C(=O)N/N=C/c1ccccc1Cl)c1cccs1. The van der Waals surface area contributed by atoms with E-state index in [1.807, 2.05) is 17.5 Å². The number of hydrazone groups is 1. The van der Waals surface area contributed by atoms with E-state index in [1.165, 1.54) is 17.6 Å². The Balaban J connectivity index is 1.72. The largest absolute Gasteiger partial charge is 0.321 e. The lowest BCUT2D eigenvalue weighted by molar-refractivity contribution is 0.0956. The van der Waals surface area contributed by atoms with Crippen LogP contribution in [0.1, 0.15) is 25.6 Å². The molecule has 3 rings (SSSR count). The Bertz CT molecular complexity index is 955. The molecule has 0 spiro atoms. The highest BCUT2D eigenvalue weighted by atomic mass is 35.5. The molecule has 5 nitrogen and oxygen atoms in total. The standard InChI is InChI=1S/C19H14ClN3O2S/c20-15-8-3-1-6-13(15)12-21-23-18(24)14-7-2-4-9-16(14)22-19(25)17-10-5-11-26-17/h1-12H,(H,22,25)(H,23,24)/b21-12+. The Morgan fingerprint density at radius 3 is 2.50 bits per heavy atom. The topological polar surface area (TPSA) is 70.6 Å². The number of hydrogen-bond donors (Lipinski definition) is 2. The maximum absolute atomic E-state index is 12.4. The van der Waals surface area contributed by atoms with Crippen LogP contribution in [0.5, 0.6) is 0 Å². The number of halogens is 1. The van der Waals surface area contributed by atoms with E-state index in [0.29, 0.717) is 26.7 Å². The fourth-order valence-electron chi connectivity index (χ4n) is 2.18. The van der Waals surface area contributed by atoms with Gasteiger partial charge in [-0.1, -0.05) is 48.0 Å². The van der Waals surface area contributed by atoms with Gasteiger partial charge in [-0.25, -0.2) is 5.43 Å². The second-order valence-electron chi connectivity index (χ2n) is 5.20. The van der Waals surface area contributed by atoms with Gasteiger partial charge in [0.25, 0.3) is 11.8 Å². The predicted molar refractivity (Wildman–Crippen MR) is 105 cm³/mol. The maximum atomic E-state index is 12.4. The molecule has 0 bridgehead atoms. The van der Waals surface area contributed by atoms with E-state index in [0.717, 1.165) is 0 Å². The normalized spacial score (nSPS) is 10.7. The van der Waals surface area contributed by atoms with E-state index in [4.69, 9.17) is 11.6 Å². The molecular formula is C19H14ClN3O2S. The number of anilines is 1. The molecule has 2 amide bonds. The molecule has 0 aliphatic heterocycles. The molecule has 0 unspecified atom stereocenters. The van der Waals surface area contributed by atoms with Crippen LogP contribution in [0, 0.1) is 0 Å². The number of rotatable bonds is 5. The molecule has 1 heterocycles. The molecule has 0 fully saturated rings. The molecule has 0 aliphatic rings. The monoisotopic (exact) mass is 383 g/mol. The van der Waals surface area contributed by atoms with Crippen LogP contribution in [0.15, 0.2) is 71.1 Å². The van der Waals surface area contributed by atoms with Crippen molar-refractivity contribution in [1.82, 2.24) is 5.43 Å². The number of carbonyl (C=O) groups excluding carboxylic acids is 2. The molecule has 0 radical (unpaired) electrons. The summed E-state index contributed by atoms with van der Waals surface area (Å²) in [5, 5.41) is 9.03. The lowest BCUT2D eigenvalue weighted by Gasteiger charge is -2.09. The summed E-state index contributed by atoms with van der Waals surface area (Å²) in [5.41, 5.74) is 3.86. The highest BCUT2D eigenvalue weighted by molar-refractivity contribution is 7.12. The molecule has 2 N–H and O–H groups in total. The van der Waals surface area contributed by atoms with Crippen molar-refractivity contribution >= 4 is 46.7 Å². The first kappa shape index (κ1) is 17.8. The van der Waals surface area contributed by atoms with Crippen molar-refractivity contribution in [2.45, 2.75) is 0 Å². The van der Waals surface area contributed by atoms with Gasteiger partial charge in [-0.3, -0.25) is 9.59 Å². The molecule has 2 aromatic carbocycles. The number of nitrogens with one attached hydrogen (secondary N) is 2. The van der Waals surface area contributed by atoms with E-state index in [-0.39, 0.29) is 5.91 Å². The zero-order valence-corrected chi connectivity index (χ0v) is 15.1. The Labute approximate surface area is 159 Å². The summed E-state index contributed by atoms with van der Waals surface area (Å²) in [7, 11) is 0. The van der Waals surface area contributed by atoms with E-state index in [2.05, 4.69) is 15.8 Å². The summed E-state index contributed by atoms with van der Waals surface area (Å²) in [6, 6.07) is 17.4. The summed E-state index contributed by atoms with van der Waals surface area (Å²) >= 11 is 7.37. The van der Waals surface area contributed by atoms with Crippen molar-refractivity contribution in [3.05, 3.63) is 87.1 Å². The minimum Gasteiger partial charge on any atom is -0.321 e. The molecule has 0 atom stereocenters. The highest BCUT2D eigenvalue weighted by Crippen LogP contribution is 2.18. The van der Waals surface area contributed by atoms with Crippen molar-refractivity contribution in [1.29, 1.82) is 0 Å². The highest BCUT2D eigenvalue weighted by Gasteiger charge is 2.14. The summed E-state index contributed by atoms with van der Waals surface area (Å²) in [5.74, 6) is -0.699. The molecular weight excluding hydrogens is 370 g/mol. The lowest BCUT2D eigenvalue weighted by Crippen LogP contribution is -2.21. The third-order valence-corrected chi connectivity index (χ3v) is 4.65. The van der Waals surface area contributed by atoms with Crippen molar-refractivity contribution in [2.24, 2.45) is 5.10 Å². The van der Waals surface area contributed by atoms with Gasteiger partial charge >= 0.3 is 0 Å². The summed E-state index contributed by atoms with van der Waals surface area (Å²) in [4.78, 5) is 25.2. The van der Waals surface area contributed by atoms with Gasteiger partial charge in [0.05, 0.1) is 22.3 Å². The van der Waals surface area contributed by atoms with E-state index in [1.54, 1.807) is 48.5 Å². The fraction of sp³-hybridized carbons (Fsp3) is 0. The predicted octanol–water partition coefficient (Wildman–Crippen LogP) is 4.42. The summed E-state index contributed by atoms with van der Waals surface area (Å²) in [6.07, 6.45) is 1.47. The fourth-order valence-corrected chi connectivity index (χ4v) is 2.99. The minimum atomic E-state index is -0.435. The second kappa shape index (κ2) is 8.42. The summed E-state index contributed by atoms with van der Waals surface area (Å²) in [6.45, 7) is 0. The van der Waals surface area contributed by atoms with Crippen molar-refractivity contribution in [3.8, 4) is 0 Å². The van der Waals surface area contributed by atoms with Gasteiger partial charge in [-0.05, 0) is 29.6 Å². The smallest absolute Gasteiger partial charge is 0.273 e. The van der Waals surface area contributed by atoms with E-state index in [9.17, 15) is 9.59 Å². The lowest BCUT2D eigenvalue weighted by atomic mass is 10.1. The number of hydrogen-bond acceptors (Lipinski definition) is 4. The molecule has 0 saturated heterocycles. The number of benzene rings is 2. The van der Waals surface area contributed by atoms with Gasteiger partial charge in [0.1, 0.15) is 0 Å². The van der Waals surface area contributed by atoms with E-state index < -0.39 is 5.91 Å².